The van der Waals surface area contributed by atoms with E-state index in [9.17, 15) is 4.79 Å². The van der Waals surface area contributed by atoms with Crippen LogP contribution in [-0.2, 0) is 4.79 Å². The molecule has 18 heavy (non-hydrogen) atoms. The van der Waals surface area contributed by atoms with Crippen LogP contribution in [0.15, 0.2) is 18.2 Å². The molecule has 0 aliphatic rings. The van der Waals surface area contributed by atoms with Crippen LogP contribution in [0.4, 0.5) is 5.69 Å². The number of hydrogen-bond acceptors (Lipinski definition) is 2. The Labute approximate surface area is 110 Å². The SMILES string of the molecule is CCCC(C)NC(=O)CNc1ccc(C)cc1C. The highest BCUT2D eigenvalue weighted by molar-refractivity contribution is 5.81. The first-order chi connectivity index (χ1) is 8.52. The number of carbonyl (C=O) groups excluding carboxylic acids is 1. The summed E-state index contributed by atoms with van der Waals surface area (Å²) in [6, 6.07) is 6.43. The monoisotopic (exact) mass is 248 g/mol. The molecule has 0 heterocycles. The number of aryl methyl sites for hydroxylation is 2. The van der Waals surface area contributed by atoms with Crippen LogP contribution in [0.2, 0.25) is 0 Å². The Morgan fingerprint density at radius 2 is 2.06 bits per heavy atom. The molecule has 0 saturated heterocycles. The molecule has 1 aromatic rings. The van der Waals surface area contributed by atoms with Gasteiger partial charge in [0.05, 0.1) is 6.54 Å². The number of benzene rings is 1. The summed E-state index contributed by atoms with van der Waals surface area (Å²) in [5.74, 6) is 0.0518. The average Bonchev–Trinajstić information content (AvgIpc) is 2.28. The Morgan fingerprint density at radius 1 is 1.33 bits per heavy atom. The van der Waals surface area contributed by atoms with Crippen LogP contribution in [0.3, 0.4) is 0 Å². The van der Waals surface area contributed by atoms with Gasteiger partial charge < -0.3 is 10.6 Å². The van der Waals surface area contributed by atoms with Gasteiger partial charge in [0, 0.05) is 11.7 Å². The van der Waals surface area contributed by atoms with Crippen molar-refractivity contribution in [1.29, 1.82) is 0 Å². The molecule has 1 aromatic carbocycles. The van der Waals surface area contributed by atoms with Crippen molar-refractivity contribution in [2.24, 2.45) is 0 Å². The van der Waals surface area contributed by atoms with Gasteiger partial charge in [0.15, 0.2) is 0 Å². The highest BCUT2D eigenvalue weighted by atomic mass is 16.1. The van der Waals surface area contributed by atoms with E-state index in [2.05, 4.69) is 30.5 Å². The largest absolute Gasteiger partial charge is 0.376 e. The molecule has 1 rings (SSSR count). The number of anilines is 1. The zero-order valence-corrected chi connectivity index (χ0v) is 11.8. The number of nitrogens with one attached hydrogen (secondary N) is 2. The summed E-state index contributed by atoms with van der Waals surface area (Å²) < 4.78 is 0. The molecule has 0 aromatic heterocycles. The van der Waals surface area contributed by atoms with Crippen molar-refractivity contribution < 1.29 is 4.79 Å². The second kappa shape index (κ2) is 7.04. The van der Waals surface area contributed by atoms with Gasteiger partial charge in [-0.1, -0.05) is 31.0 Å². The molecule has 1 amide bonds. The van der Waals surface area contributed by atoms with Crippen molar-refractivity contribution in [3.05, 3.63) is 29.3 Å². The van der Waals surface area contributed by atoms with Crippen molar-refractivity contribution in [1.82, 2.24) is 5.32 Å². The van der Waals surface area contributed by atoms with Gasteiger partial charge in [-0.05, 0) is 38.8 Å². The van der Waals surface area contributed by atoms with Gasteiger partial charge in [0.25, 0.3) is 0 Å². The van der Waals surface area contributed by atoms with Crippen LogP contribution in [0.25, 0.3) is 0 Å². The third-order valence-electron chi connectivity index (χ3n) is 2.95. The molecule has 0 aliphatic heterocycles. The first-order valence-electron chi connectivity index (χ1n) is 6.63. The molecule has 0 spiro atoms. The Bertz CT molecular complexity index is 401. The Kier molecular flexibility index (Phi) is 5.69. The third kappa shape index (κ3) is 4.78. The van der Waals surface area contributed by atoms with Crippen LogP contribution < -0.4 is 10.6 Å². The molecule has 0 saturated carbocycles. The molecule has 0 radical (unpaired) electrons. The van der Waals surface area contributed by atoms with Crippen LogP contribution in [0.1, 0.15) is 37.8 Å². The normalized spacial score (nSPS) is 12.0. The summed E-state index contributed by atoms with van der Waals surface area (Å²) in [6.45, 7) is 8.61. The first-order valence-corrected chi connectivity index (χ1v) is 6.63. The molecular weight excluding hydrogens is 224 g/mol. The maximum absolute atomic E-state index is 11.7. The summed E-state index contributed by atoms with van der Waals surface area (Å²) in [5.41, 5.74) is 3.43. The zero-order chi connectivity index (χ0) is 13.5. The summed E-state index contributed by atoms with van der Waals surface area (Å²) in [7, 11) is 0. The highest BCUT2D eigenvalue weighted by Crippen LogP contribution is 2.15. The molecule has 0 fully saturated rings. The molecule has 3 nitrogen and oxygen atoms in total. The maximum atomic E-state index is 11.7. The lowest BCUT2D eigenvalue weighted by Gasteiger charge is -2.14. The van der Waals surface area contributed by atoms with Gasteiger partial charge in [-0.2, -0.15) is 0 Å². The fourth-order valence-corrected chi connectivity index (χ4v) is 2.02. The lowest BCUT2D eigenvalue weighted by Crippen LogP contribution is -2.36. The van der Waals surface area contributed by atoms with Crippen molar-refractivity contribution in [3.63, 3.8) is 0 Å². The Balaban J connectivity index is 2.42. The highest BCUT2D eigenvalue weighted by Gasteiger charge is 2.06. The van der Waals surface area contributed by atoms with Crippen molar-refractivity contribution in [3.8, 4) is 0 Å². The molecule has 2 N–H and O–H groups in total. The summed E-state index contributed by atoms with van der Waals surface area (Å²) >= 11 is 0. The zero-order valence-electron chi connectivity index (χ0n) is 11.8. The third-order valence-corrected chi connectivity index (χ3v) is 2.95. The number of hydrogen-bond donors (Lipinski definition) is 2. The molecule has 0 aliphatic carbocycles. The molecule has 100 valence electrons. The van der Waals surface area contributed by atoms with E-state index in [0.717, 1.165) is 18.5 Å². The first kappa shape index (κ1) is 14.6. The fraction of sp³-hybridized carbons (Fsp3) is 0.533. The van der Waals surface area contributed by atoms with E-state index >= 15 is 0 Å². The quantitative estimate of drug-likeness (QED) is 0.812. The average molecular weight is 248 g/mol. The van der Waals surface area contributed by atoms with Crippen LogP contribution in [0.5, 0.6) is 0 Å². The van der Waals surface area contributed by atoms with E-state index in [4.69, 9.17) is 0 Å². The van der Waals surface area contributed by atoms with Crippen molar-refractivity contribution in [2.75, 3.05) is 11.9 Å². The number of carbonyl (C=O) groups is 1. The second-order valence-corrected chi connectivity index (χ2v) is 4.93. The van der Waals surface area contributed by atoms with Gasteiger partial charge in [-0.25, -0.2) is 0 Å². The topological polar surface area (TPSA) is 41.1 Å². The second-order valence-electron chi connectivity index (χ2n) is 4.93. The lowest BCUT2D eigenvalue weighted by molar-refractivity contribution is -0.120. The van der Waals surface area contributed by atoms with Gasteiger partial charge in [-0.15, -0.1) is 0 Å². The van der Waals surface area contributed by atoms with Gasteiger partial charge >= 0.3 is 0 Å². The predicted molar refractivity (Wildman–Crippen MR) is 76.9 cm³/mol. The maximum Gasteiger partial charge on any atom is 0.239 e. The summed E-state index contributed by atoms with van der Waals surface area (Å²) in [5, 5.41) is 6.16. The van der Waals surface area contributed by atoms with E-state index < -0.39 is 0 Å². The predicted octanol–water partition coefficient (Wildman–Crippen LogP) is 3.02. The van der Waals surface area contributed by atoms with Crippen molar-refractivity contribution in [2.45, 2.75) is 46.6 Å². The van der Waals surface area contributed by atoms with Gasteiger partial charge in [0.1, 0.15) is 0 Å². The standard InChI is InChI=1S/C15H24N2O/c1-5-6-13(4)17-15(18)10-16-14-8-7-11(2)9-12(14)3/h7-9,13,16H,5-6,10H2,1-4H3,(H,17,18). The number of amides is 1. The molecular formula is C15H24N2O. The van der Waals surface area contributed by atoms with E-state index in [1.165, 1.54) is 11.1 Å². The lowest BCUT2D eigenvalue weighted by atomic mass is 10.1. The molecule has 3 heteroatoms. The van der Waals surface area contributed by atoms with E-state index in [0.29, 0.717) is 6.54 Å². The van der Waals surface area contributed by atoms with E-state index in [1.807, 2.05) is 26.0 Å². The van der Waals surface area contributed by atoms with Crippen LogP contribution >= 0.6 is 0 Å². The molecule has 1 unspecified atom stereocenters. The van der Waals surface area contributed by atoms with Crippen LogP contribution in [0, 0.1) is 13.8 Å². The Hall–Kier alpha value is -1.51. The van der Waals surface area contributed by atoms with E-state index in [-0.39, 0.29) is 11.9 Å². The van der Waals surface area contributed by atoms with E-state index in [1.54, 1.807) is 0 Å². The Morgan fingerprint density at radius 3 is 2.67 bits per heavy atom. The summed E-state index contributed by atoms with van der Waals surface area (Å²) in [4.78, 5) is 11.7. The minimum Gasteiger partial charge on any atom is -0.376 e. The van der Waals surface area contributed by atoms with Crippen LogP contribution in [-0.4, -0.2) is 18.5 Å². The van der Waals surface area contributed by atoms with Gasteiger partial charge in [0.2, 0.25) is 5.91 Å². The molecule has 1 atom stereocenters. The van der Waals surface area contributed by atoms with Gasteiger partial charge in [-0.3, -0.25) is 4.79 Å². The fourth-order valence-electron chi connectivity index (χ4n) is 2.02. The minimum atomic E-state index is 0.0518. The van der Waals surface area contributed by atoms with Crippen molar-refractivity contribution >= 4 is 11.6 Å². The summed E-state index contributed by atoms with van der Waals surface area (Å²) in [6.07, 6.45) is 2.11. The smallest absolute Gasteiger partial charge is 0.239 e. The minimum absolute atomic E-state index is 0.0518. The molecule has 0 bridgehead atoms. The number of rotatable bonds is 6.